The van der Waals surface area contributed by atoms with Crippen molar-refractivity contribution in [3.63, 3.8) is 0 Å². The quantitative estimate of drug-likeness (QED) is 0.603. The molecule has 0 aromatic carbocycles. The molecule has 0 fully saturated rings. The second-order valence-corrected chi connectivity index (χ2v) is 2.76. The minimum absolute atomic E-state index is 0.000602. The lowest BCUT2D eigenvalue weighted by molar-refractivity contribution is -0.118. The Morgan fingerprint density at radius 1 is 1.64 bits per heavy atom. The van der Waals surface area contributed by atoms with Crippen molar-refractivity contribution >= 4 is 5.91 Å². The molecule has 0 unspecified atom stereocenters. The van der Waals surface area contributed by atoms with Gasteiger partial charge in [-0.3, -0.25) is 4.79 Å². The fraction of sp³-hybridized carbons (Fsp3) is 0.333. The van der Waals surface area contributed by atoms with Crippen LogP contribution in [0.3, 0.4) is 0 Å². The number of nitrogens with one attached hydrogen (secondary N) is 1. The van der Waals surface area contributed by atoms with Crippen molar-refractivity contribution in [1.82, 2.24) is 5.32 Å². The molecule has 0 saturated carbocycles. The van der Waals surface area contributed by atoms with E-state index in [0.717, 1.165) is 12.1 Å². The molecule has 0 spiro atoms. The highest BCUT2D eigenvalue weighted by Gasteiger charge is 2.06. The van der Waals surface area contributed by atoms with Gasteiger partial charge in [0.2, 0.25) is 5.91 Å². The first-order chi connectivity index (χ1) is 5.18. The van der Waals surface area contributed by atoms with Gasteiger partial charge in [-0.1, -0.05) is 19.1 Å². The van der Waals surface area contributed by atoms with E-state index in [-0.39, 0.29) is 5.91 Å². The maximum absolute atomic E-state index is 10.6. The van der Waals surface area contributed by atoms with Crippen molar-refractivity contribution in [3.05, 3.63) is 29.8 Å². The maximum atomic E-state index is 10.6. The number of amides is 1. The summed E-state index contributed by atoms with van der Waals surface area (Å²) in [6, 6.07) is 0. The highest BCUT2D eigenvalue weighted by atomic mass is 16.1. The van der Waals surface area contributed by atoms with E-state index in [4.69, 9.17) is 0 Å². The van der Waals surface area contributed by atoms with Crippen LogP contribution in [0.25, 0.3) is 0 Å². The molecule has 1 N–H and O–H groups in total. The molecule has 2 heteroatoms. The standard InChI is InChI=1S/C9H12NO/c1-7-4-3-5-9(6-7)10-8(2)11/h3-5H,6H2,1-2H3,(H,10,11). The normalized spacial score (nSPS) is 17.8. The van der Waals surface area contributed by atoms with E-state index in [1.807, 2.05) is 25.2 Å². The Bertz CT molecular complexity index is 216. The van der Waals surface area contributed by atoms with Gasteiger partial charge in [-0.2, -0.15) is 0 Å². The van der Waals surface area contributed by atoms with E-state index in [1.165, 1.54) is 12.8 Å². The summed E-state index contributed by atoms with van der Waals surface area (Å²) in [5, 5.41) is 2.76. The summed E-state index contributed by atoms with van der Waals surface area (Å²) in [4.78, 5) is 10.6. The van der Waals surface area contributed by atoms with E-state index in [2.05, 4.69) is 5.32 Å². The third kappa shape index (κ3) is 2.58. The van der Waals surface area contributed by atoms with Gasteiger partial charge in [0.15, 0.2) is 0 Å². The van der Waals surface area contributed by atoms with E-state index in [0.29, 0.717) is 0 Å². The Labute approximate surface area is 67.0 Å². The fourth-order valence-electron chi connectivity index (χ4n) is 1.06. The first kappa shape index (κ1) is 8.05. The number of carbonyl (C=O) groups is 1. The minimum Gasteiger partial charge on any atom is -0.330 e. The van der Waals surface area contributed by atoms with Gasteiger partial charge in [0.25, 0.3) is 0 Å². The monoisotopic (exact) mass is 150 g/mol. The predicted molar refractivity (Wildman–Crippen MR) is 44.6 cm³/mol. The van der Waals surface area contributed by atoms with Crippen LogP contribution in [0.2, 0.25) is 0 Å². The average Bonchev–Trinajstić information content (AvgIpc) is 1.85. The van der Waals surface area contributed by atoms with Crippen LogP contribution in [0.1, 0.15) is 20.3 Å². The zero-order valence-corrected chi connectivity index (χ0v) is 6.85. The van der Waals surface area contributed by atoms with Crippen LogP contribution in [0.5, 0.6) is 0 Å². The maximum Gasteiger partial charge on any atom is 0.220 e. The molecule has 0 bridgehead atoms. The Morgan fingerprint density at radius 3 is 2.91 bits per heavy atom. The van der Waals surface area contributed by atoms with Crippen molar-refractivity contribution in [1.29, 1.82) is 0 Å². The number of carbonyl (C=O) groups excluding carboxylic acids is 1. The SMILES string of the molecule is C[C]1C=CC=C(NC(C)=O)C1. The molecule has 0 aromatic heterocycles. The zero-order valence-electron chi connectivity index (χ0n) is 6.85. The fourth-order valence-corrected chi connectivity index (χ4v) is 1.06. The van der Waals surface area contributed by atoms with Crippen LogP contribution in [-0.2, 0) is 4.79 Å². The summed E-state index contributed by atoms with van der Waals surface area (Å²) in [7, 11) is 0. The molecule has 1 radical (unpaired) electrons. The molecule has 2 nitrogen and oxygen atoms in total. The van der Waals surface area contributed by atoms with Gasteiger partial charge < -0.3 is 5.32 Å². The first-order valence-electron chi connectivity index (χ1n) is 3.66. The summed E-state index contributed by atoms with van der Waals surface area (Å²) in [6.45, 7) is 3.57. The number of hydrogen-bond donors (Lipinski definition) is 1. The Hall–Kier alpha value is -1.05. The summed E-state index contributed by atoms with van der Waals surface area (Å²) in [5.74, 6) is 1.27. The summed E-state index contributed by atoms with van der Waals surface area (Å²) >= 11 is 0. The molecule has 0 saturated heterocycles. The van der Waals surface area contributed by atoms with Crippen molar-refractivity contribution < 1.29 is 4.79 Å². The van der Waals surface area contributed by atoms with Crippen LogP contribution < -0.4 is 5.32 Å². The van der Waals surface area contributed by atoms with Gasteiger partial charge in [0.1, 0.15) is 0 Å². The first-order valence-corrected chi connectivity index (χ1v) is 3.66. The second-order valence-electron chi connectivity index (χ2n) is 2.76. The van der Waals surface area contributed by atoms with Gasteiger partial charge in [-0.15, -0.1) is 0 Å². The van der Waals surface area contributed by atoms with Crippen LogP contribution in [0.4, 0.5) is 0 Å². The molecule has 1 aliphatic rings. The lowest BCUT2D eigenvalue weighted by Crippen LogP contribution is -2.20. The van der Waals surface area contributed by atoms with Crippen molar-refractivity contribution in [2.24, 2.45) is 0 Å². The van der Waals surface area contributed by atoms with Crippen LogP contribution in [-0.4, -0.2) is 5.91 Å². The Balaban J connectivity index is 2.52. The van der Waals surface area contributed by atoms with Gasteiger partial charge in [0, 0.05) is 18.5 Å². The number of allylic oxidation sites excluding steroid dienone is 4. The summed E-state index contributed by atoms with van der Waals surface area (Å²) in [6.07, 6.45) is 6.78. The summed E-state index contributed by atoms with van der Waals surface area (Å²) < 4.78 is 0. The Kier molecular flexibility index (Phi) is 2.47. The highest BCUT2D eigenvalue weighted by molar-refractivity contribution is 5.75. The molecule has 59 valence electrons. The topological polar surface area (TPSA) is 29.1 Å². The highest BCUT2D eigenvalue weighted by Crippen LogP contribution is 2.17. The average molecular weight is 150 g/mol. The molecule has 11 heavy (non-hydrogen) atoms. The third-order valence-corrected chi connectivity index (χ3v) is 1.48. The lowest BCUT2D eigenvalue weighted by Gasteiger charge is -2.13. The Morgan fingerprint density at radius 2 is 2.36 bits per heavy atom. The van der Waals surface area contributed by atoms with Gasteiger partial charge in [0.05, 0.1) is 0 Å². The molecular formula is C9H12NO. The largest absolute Gasteiger partial charge is 0.330 e. The van der Waals surface area contributed by atoms with Crippen molar-refractivity contribution in [2.75, 3.05) is 0 Å². The molecule has 0 aliphatic heterocycles. The third-order valence-electron chi connectivity index (χ3n) is 1.48. The molecule has 0 heterocycles. The van der Waals surface area contributed by atoms with Crippen LogP contribution in [0.15, 0.2) is 23.9 Å². The van der Waals surface area contributed by atoms with E-state index < -0.39 is 0 Å². The van der Waals surface area contributed by atoms with E-state index in [9.17, 15) is 4.79 Å². The zero-order chi connectivity index (χ0) is 8.27. The minimum atomic E-state index is -0.000602. The van der Waals surface area contributed by atoms with Crippen molar-refractivity contribution in [2.45, 2.75) is 20.3 Å². The van der Waals surface area contributed by atoms with E-state index >= 15 is 0 Å². The molecule has 0 aromatic rings. The number of hydrogen-bond acceptors (Lipinski definition) is 1. The van der Waals surface area contributed by atoms with Crippen LogP contribution >= 0.6 is 0 Å². The molecule has 1 aliphatic carbocycles. The van der Waals surface area contributed by atoms with Gasteiger partial charge in [-0.05, 0) is 12.5 Å². The molecule has 1 rings (SSSR count). The van der Waals surface area contributed by atoms with E-state index in [1.54, 1.807) is 0 Å². The van der Waals surface area contributed by atoms with Crippen LogP contribution in [0, 0.1) is 5.92 Å². The smallest absolute Gasteiger partial charge is 0.220 e. The molecular weight excluding hydrogens is 138 g/mol. The number of rotatable bonds is 1. The molecule has 1 amide bonds. The molecule has 0 atom stereocenters. The summed E-state index contributed by atoms with van der Waals surface area (Å²) in [5.41, 5.74) is 0.984. The predicted octanol–water partition coefficient (Wildman–Crippen LogP) is 1.56. The van der Waals surface area contributed by atoms with Gasteiger partial charge >= 0.3 is 0 Å². The lowest BCUT2D eigenvalue weighted by atomic mass is 10.0. The van der Waals surface area contributed by atoms with Crippen molar-refractivity contribution in [3.8, 4) is 0 Å². The van der Waals surface area contributed by atoms with Gasteiger partial charge in [-0.25, -0.2) is 0 Å². The second kappa shape index (κ2) is 3.37.